The number of fused-ring (bicyclic) bond motifs is 1. The molecule has 0 aliphatic carbocycles. The Morgan fingerprint density at radius 2 is 1.92 bits per heavy atom. The number of rotatable bonds is 5. The molecular formula is C20H17NO3. The molecule has 0 spiro atoms. The molecule has 24 heavy (non-hydrogen) atoms. The Balaban J connectivity index is 2.10. The first-order valence-electron chi connectivity index (χ1n) is 7.65. The van der Waals surface area contributed by atoms with E-state index in [1.54, 1.807) is 19.4 Å². The first-order valence-corrected chi connectivity index (χ1v) is 7.65. The largest absolute Gasteiger partial charge is 0.493 e. The molecule has 0 aliphatic heterocycles. The predicted octanol–water partition coefficient (Wildman–Crippen LogP) is 4.80. The molecule has 0 amide bonds. The van der Waals surface area contributed by atoms with Crippen LogP contribution in [0.3, 0.4) is 0 Å². The second-order valence-corrected chi connectivity index (χ2v) is 5.16. The second kappa shape index (κ2) is 6.93. The third kappa shape index (κ3) is 2.97. The standard InChI is InChI=1S/C20H17NO3/c1-3-23-20-13-15(5-7-19(20)22-2)17(8-10-21)14-4-6-18-16(12-14)9-11-24-18/h4-9,11-13H,3H2,1-2H3/b17-8+. The molecule has 120 valence electrons. The fraction of sp³-hybridized carbons (Fsp3) is 0.150. The lowest BCUT2D eigenvalue weighted by atomic mass is 9.96. The summed E-state index contributed by atoms with van der Waals surface area (Å²) in [7, 11) is 1.61. The Labute approximate surface area is 140 Å². The van der Waals surface area contributed by atoms with Crippen LogP contribution in [0, 0.1) is 11.3 Å². The Hall–Kier alpha value is -3.19. The molecule has 1 aromatic heterocycles. The maximum Gasteiger partial charge on any atom is 0.161 e. The van der Waals surface area contributed by atoms with E-state index in [4.69, 9.17) is 13.9 Å². The summed E-state index contributed by atoms with van der Waals surface area (Å²) in [5, 5.41) is 10.2. The zero-order valence-corrected chi connectivity index (χ0v) is 13.6. The summed E-state index contributed by atoms with van der Waals surface area (Å²) in [5.41, 5.74) is 3.48. The second-order valence-electron chi connectivity index (χ2n) is 5.16. The highest BCUT2D eigenvalue weighted by Gasteiger charge is 2.11. The van der Waals surface area contributed by atoms with Crippen molar-refractivity contribution in [1.29, 1.82) is 5.26 Å². The quantitative estimate of drug-likeness (QED) is 0.634. The molecular weight excluding hydrogens is 302 g/mol. The molecule has 3 aromatic rings. The van der Waals surface area contributed by atoms with Crippen LogP contribution in [0.15, 0.2) is 59.2 Å². The van der Waals surface area contributed by atoms with Crippen LogP contribution >= 0.6 is 0 Å². The summed E-state index contributed by atoms with van der Waals surface area (Å²) in [6.45, 7) is 2.46. The van der Waals surface area contributed by atoms with E-state index in [-0.39, 0.29) is 0 Å². The maximum absolute atomic E-state index is 9.21. The van der Waals surface area contributed by atoms with Crippen molar-refractivity contribution in [3.05, 3.63) is 65.9 Å². The Morgan fingerprint density at radius 3 is 2.67 bits per heavy atom. The fourth-order valence-electron chi connectivity index (χ4n) is 2.64. The minimum absolute atomic E-state index is 0.540. The molecule has 0 bridgehead atoms. The zero-order valence-electron chi connectivity index (χ0n) is 13.6. The van der Waals surface area contributed by atoms with Gasteiger partial charge in [-0.1, -0.05) is 12.1 Å². The monoisotopic (exact) mass is 319 g/mol. The molecule has 4 heteroatoms. The van der Waals surface area contributed by atoms with Gasteiger partial charge in [-0.05, 0) is 54.0 Å². The molecule has 0 aliphatic rings. The zero-order chi connectivity index (χ0) is 16.9. The number of hydrogen-bond acceptors (Lipinski definition) is 4. The lowest BCUT2D eigenvalue weighted by Crippen LogP contribution is -1.97. The molecule has 0 N–H and O–H groups in total. The van der Waals surface area contributed by atoms with Crippen LogP contribution in [0.4, 0.5) is 0 Å². The number of furan rings is 1. The van der Waals surface area contributed by atoms with E-state index < -0.39 is 0 Å². The van der Waals surface area contributed by atoms with Gasteiger partial charge in [-0.15, -0.1) is 0 Å². The summed E-state index contributed by atoms with van der Waals surface area (Å²) in [5.74, 6) is 1.33. The van der Waals surface area contributed by atoms with Gasteiger partial charge in [0, 0.05) is 11.5 Å². The average molecular weight is 319 g/mol. The van der Waals surface area contributed by atoms with Crippen molar-refractivity contribution in [3.63, 3.8) is 0 Å². The lowest BCUT2D eigenvalue weighted by Gasteiger charge is -2.13. The highest BCUT2D eigenvalue weighted by molar-refractivity contribution is 5.88. The van der Waals surface area contributed by atoms with E-state index >= 15 is 0 Å². The van der Waals surface area contributed by atoms with Crippen LogP contribution in [0.2, 0.25) is 0 Å². The molecule has 0 saturated carbocycles. The summed E-state index contributed by atoms with van der Waals surface area (Å²) in [4.78, 5) is 0. The predicted molar refractivity (Wildman–Crippen MR) is 93.1 cm³/mol. The van der Waals surface area contributed by atoms with E-state index in [2.05, 4.69) is 6.07 Å². The summed E-state index contributed by atoms with van der Waals surface area (Å²) >= 11 is 0. The van der Waals surface area contributed by atoms with Gasteiger partial charge in [0.25, 0.3) is 0 Å². The van der Waals surface area contributed by atoms with Gasteiger partial charge in [0.2, 0.25) is 0 Å². The first-order chi connectivity index (χ1) is 11.8. The third-order valence-electron chi connectivity index (χ3n) is 3.75. The van der Waals surface area contributed by atoms with E-state index in [0.29, 0.717) is 18.1 Å². The SMILES string of the molecule is CCOc1cc(/C(=C/C#N)c2ccc3occc3c2)ccc1OC. The Morgan fingerprint density at radius 1 is 1.12 bits per heavy atom. The lowest BCUT2D eigenvalue weighted by molar-refractivity contribution is 0.311. The van der Waals surface area contributed by atoms with Crippen molar-refractivity contribution in [2.45, 2.75) is 6.92 Å². The number of hydrogen-bond donors (Lipinski definition) is 0. The van der Waals surface area contributed by atoms with Gasteiger partial charge in [-0.25, -0.2) is 0 Å². The topological polar surface area (TPSA) is 55.4 Å². The van der Waals surface area contributed by atoms with Crippen LogP contribution in [0.1, 0.15) is 18.1 Å². The Kier molecular flexibility index (Phi) is 4.53. The molecule has 1 heterocycles. The van der Waals surface area contributed by atoms with Crippen molar-refractivity contribution in [1.82, 2.24) is 0 Å². The van der Waals surface area contributed by atoms with Crippen molar-refractivity contribution in [3.8, 4) is 17.6 Å². The van der Waals surface area contributed by atoms with Crippen molar-refractivity contribution >= 4 is 16.5 Å². The number of allylic oxidation sites excluding steroid dienone is 1. The normalized spacial score (nSPS) is 11.3. The number of ether oxygens (including phenoxy) is 2. The van der Waals surface area contributed by atoms with E-state index in [0.717, 1.165) is 27.7 Å². The van der Waals surface area contributed by atoms with Crippen LogP contribution < -0.4 is 9.47 Å². The minimum atomic E-state index is 0.540. The minimum Gasteiger partial charge on any atom is -0.493 e. The molecule has 0 saturated heterocycles. The Bertz CT molecular complexity index is 931. The van der Waals surface area contributed by atoms with Crippen LogP contribution in [-0.2, 0) is 0 Å². The van der Waals surface area contributed by atoms with E-state index in [1.165, 1.54) is 0 Å². The van der Waals surface area contributed by atoms with Gasteiger partial charge < -0.3 is 13.9 Å². The van der Waals surface area contributed by atoms with Crippen LogP contribution in [0.5, 0.6) is 11.5 Å². The van der Waals surface area contributed by atoms with Crippen LogP contribution in [-0.4, -0.2) is 13.7 Å². The number of methoxy groups -OCH3 is 1. The molecule has 0 radical (unpaired) electrons. The van der Waals surface area contributed by atoms with E-state index in [1.807, 2.05) is 49.4 Å². The maximum atomic E-state index is 9.21. The molecule has 0 fully saturated rings. The van der Waals surface area contributed by atoms with Gasteiger partial charge in [-0.3, -0.25) is 0 Å². The third-order valence-corrected chi connectivity index (χ3v) is 3.75. The summed E-state index contributed by atoms with van der Waals surface area (Å²) < 4.78 is 16.3. The highest BCUT2D eigenvalue weighted by Crippen LogP contribution is 2.34. The van der Waals surface area contributed by atoms with Crippen molar-refractivity contribution < 1.29 is 13.9 Å². The number of benzene rings is 2. The van der Waals surface area contributed by atoms with E-state index in [9.17, 15) is 5.26 Å². The average Bonchev–Trinajstić information content (AvgIpc) is 3.07. The van der Waals surface area contributed by atoms with Gasteiger partial charge in [0.05, 0.1) is 26.0 Å². The first kappa shape index (κ1) is 15.7. The molecule has 0 atom stereocenters. The molecule has 0 unspecified atom stereocenters. The summed E-state index contributed by atoms with van der Waals surface area (Å²) in [6, 6.07) is 15.6. The fourth-order valence-corrected chi connectivity index (χ4v) is 2.64. The summed E-state index contributed by atoms with van der Waals surface area (Å²) in [6.07, 6.45) is 3.20. The van der Waals surface area contributed by atoms with Gasteiger partial charge in [0.15, 0.2) is 11.5 Å². The smallest absolute Gasteiger partial charge is 0.161 e. The number of nitriles is 1. The van der Waals surface area contributed by atoms with Gasteiger partial charge in [-0.2, -0.15) is 5.26 Å². The molecule has 2 aromatic carbocycles. The molecule has 3 rings (SSSR count). The van der Waals surface area contributed by atoms with Crippen LogP contribution in [0.25, 0.3) is 16.5 Å². The molecule has 4 nitrogen and oxygen atoms in total. The van der Waals surface area contributed by atoms with Gasteiger partial charge in [0.1, 0.15) is 5.58 Å². The number of nitrogens with zero attached hydrogens (tertiary/aromatic N) is 1. The highest BCUT2D eigenvalue weighted by atomic mass is 16.5. The van der Waals surface area contributed by atoms with Crippen molar-refractivity contribution in [2.24, 2.45) is 0 Å². The van der Waals surface area contributed by atoms with Gasteiger partial charge >= 0.3 is 0 Å². The van der Waals surface area contributed by atoms with Crippen molar-refractivity contribution in [2.75, 3.05) is 13.7 Å².